The molecule has 2 fully saturated rings. The summed E-state index contributed by atoms with van der Waals surface area (Å²) < 4.78 is 36.5. The molecule has 0 amide bonds. The zero-order valence-electron chi connectivity index (χ0n) is 19.5. The van der Waals surface area contributed by atoms with E-state index < -0.39 is 5.60 Å². The lowest BCUT2D eigenvalue weighted by molar-refractivity contribution is -0.0446. The molecule has 1 aliphatic carbocycles. The summed E-state index contributed by atoms with van der Waals surface area (Å²) in [5.41, 5.74) is 1.73. The van der Waals surface area contributed by atoms with Crippen molar-refractivity contribution in [3.05, 3.63) is 52.8 Å². The van der Waals surface area contributed by atoms with Crippen LogP contribution in [0.15, 0.2) is 30.3 Å². The van der Waals surface area contributed by atoms with Gasteiger partial charge in [0.15, 0.2) is 11.5 Å². The molecule has 34 heavy (non-hydrogen) atoms. The normalized spacial score (nSPS) is 26.5. The molecule has 1 saturated heterocycles. The monoisotopic (exact) mass is 467 g/mol. The van der Waals surface area contributed by atoms with Gasteiger partial charge in [-0.2, -0.15) is 0 Å². The van der Waals surface area contributed by atoms with Crippen molar-refractivity contribution in [2.24, 2.45) is 5.92 Å². The average molecular weight is 468 g/mol. The van der Waals surface area contributed by atoms with E-state index in [1.54, 1.807) is 13.2 Å². The van der Waals surface area contributed by atoms with Gasteiger partial charge in [-0.15, -0.1) is 0 Å². The minimum absolute atomic E-state index is 0.144. The van der Waals surface area contributed by atoms with Gasteiger partial charge in [-0.3, -0.25) is 0 Å². The number of fused-ring (bicyclic) bond motifs is 4. The molecule has 4 aliphatic rings. The Hall–Kier alpha value is -2.80. The Morgan fingerprint density at radius 2 is 1.88 bits per heavy atom. The summed E-state index contributed by atoms with van der Waals surface area (Å²) in [6.45, 7) is 2.21. The molecule has 0 N–H and O–H groups in total. The fraction of sp³-hybridized carbons (Fsp3) is 0.519. The summed E-state index contributed by atoms with van der Waals surface area (Å²) >= 11 is 0. The molecule has 0 unspecified atom stereocenters. The fourth-order valence-corrected chi connectivity index (χ4v) is 6.31. The number of methoxy groups -OCH3 is 1. The number of hydrogen-bond acceptors (Lipinski definition) is 6. The van der Waals surface area contributed by atoms with Crippen molar-refractivity contribution in [3.8, 4) is 17.2 Å². The third-order valence-electron chi connectivity index (χ3n) is 8.21. The number of piperidine rings is 1. The molecule has 180 valence electrons. The van der Waals surface area contributed by atoms with Gasteiger partial charge in [0.2, 0.25) is 6.79 Å². The molecule has 7 heteroatoms. The molecule has 0 bridgehead atoms. The molecule has 0 atom stereocenters. The average Bonchev–Trinajstić information content (AvgIpc) is 3.44. The molecule has 0 radical (unpaired) electrons. The number of hydrogen-bond donors (Lipinski definition) is 0. The van der Waals surface area contributed by atoms with Crippen LogP contribution in [0.2, 0.25) is 0 Å². The summed E-state index contributed by atoms with van der Waals surface area (Å²) in [5.74, 6) is 1.92. The standard InChI is InChI=1S/C27H30FNO5/c1-31-20-2-4-22(28)18(15-20)14-17-8-12-29(13-9-17)19-6-10-27(11-7-19)21-3-5-23-25(33-16-32-23)24(21)26(30)34-27/h2-5,15,17,19H,6-14,16H2,1H3. The quantitative estimate of drug-likeness (QED) is 0.601. The van der Waals surface area contributed by atoms with Crippen molar-refractivity contribution < 1.29 is 28.1 Å². The van der Waals surface area contributed by atoms with E-state index in [9.17, 15) is 9.18 Å². The SMILES string of the molecule is COc1ccc(F)c(CC2CCN(C3CCC4(CC3)OC(=O)c3c4ccc4c3OCO4)CC2)c1. The van der Waals surface area contributed by atoms with Crippen LogP contribution in [-0.2, 0) is 16.8 Å². The largest absolute Gasteiger partial charge is 0.497 e. The molecule has 2 aromatic carbocycles. The van der Waals surface area contributed by atoms with Crippen LogP contribution >= 0.6 is 0 Å². The van der Waals surface area contributed by atoms with Crippen LogP contribution in [-0.4, -0.2) is 43.9 Å². The Morgan fingerprint density at radius 3 is 2.65 bits per heavy atom. The van der Waals surface area contributed by atoms with Gasteiger partial charge in [-0.25, -0.2) is 9.18 Å². The van der Waals surface area contributed by atoms with Gasteiger partial charge in [-0.1, -0.05) is 6.07 Å². The van der Waals surface area contributed by atoms with E-state index in [-0.39, 0.29) is 18.6 Å². The Bertz CT molecular complexity index is 1100. The van der Waals surface area contributed by atoms with Crippen molar-refractivity contribution in [1.82, 2.24) is 4.90 Å². The lowest BCUT2D eigenvalue weighted by Crippen LogP contribution is -2.46. The number of carbonyl (C=O) groups excluding carboxylic acids is 1. The molecule has 1 saturated carbocycles. The van der Waals surface area contributed by atoms with Gasteiger partial charge >= 0.3 is 5.97 Å². The second kappa shape index (κ2) is 8.45. The van der Waals surface area contributed by atoms with Crippen LogP contribution in [0.5, 0.6) is 17.2 Å². The van der Waals surface area contributed by atoms with Crippen molar-refractivity contribution in [2.45, 2.75) is 56.6 Å². The van der Waals surface area contributed by atoms with E-state index in [1.807, 2.05) is 18.2 Å². The van der Waals surface area contributed by atoms with E-state index in [2.05, 4.69) is 4.90 Å². The van der Waals surface area contributed by atoms with E-state index in [0.29, 0.717) is 34.8 Å². The first-order valence-corrected chi connectivity index (χ1v) is 12.3. The highest BCUT2D eigenvalue weighted by Crippen LogP contribution is 2.52. The molecular weight excluding hydrogens is 437 g/mol. The van der Waals surface area contributed by atoms with Gasteiger partial charge < -0.3 is 23.8 Å². The molecule has 1 spiro atoms. The van der Waals surface area contributed by atoms with E-state index in [4.69, 9.17) is 18.9 Å². The van der Waals surface area contributed by atoms with Crippen LogP contribution in [0.25, 0.3) is 0 Å². The van der Waals surface area contributed by atoms with Crippen LogP contribution in [0, 0.1) is 11.7 Å². The highest BCUT2D eigenvalue weighted by molar-refractivity contribution is 5.99. The summed E-state index contributed by atoms with van der Waals surface area (Å²) in [7, 11) is 1.61. The maximum Gasteiger partial charge on any atom is 0.343 e. The van der Waals surface area contributed by atoms with Crippen LogP contribution < -0.4 is 14.2 Å². The van der Waals surface area contributed by atoms with E-state index in [1.165, 1.54) is 6.07 Å². The Morgan fingerprint density at radius 1 is 1.09 bits per heavy atom. The van der Waals surface area contributed by atoms with Crippen molar-refractivity contribution in [2.75, 3.05) is 27.0 Å². The highest BCUT2D eigenvalue weighted by atomic mass is 19.1. The third kappa shape index (κ3) is 3.61. The molecular formula is C27H30FNO5. The summed E-state index contributed by atoms with van der Waals surface area (Å²) in [4.78, 5) is 15.3. The number of likely N-dealkylation sites (tertiary alicyclic amines) is 1. The topological polar surface area (TPSA) is 57.2 Å². The molecule has 0 aromatic heterocycles. The highest BCUT2D eigenvalue weighted by Gasteiger charge is 2.50. The van der Waals surface area contributed by atoms with Gasteiger partial charge in [0.25, 0.3) is 0 Å². The third-order valence-corrected chi connectivity index (χ3v) is 8.21. The first-order chi connectivity index (χ1) is 16.6. The molecule has 6 rings (SSSR count). The van der Waals surface area contributed by atoms with Gasteiger partial charge in [0, 0.05) is 11.6 Å². The zero-order valence-corrected chi connectivity index (χ0v) is 19.5. The number of benzene rings is 2. The maximum absolute atomic E-state index is 14.3. The second-order valence-electron chi connectivity index (χ2n) is 9.98. The number of nitrogens with zero attached hydrogens (tertiary/aromatic N) is 1. The van der Waals surface area contributed by atoms with Gasteiger partial charge in [0.1, 0.15) is 22.7 Å². The van der Waals surface area contributed by atoms with Gasteiger partial charge in [0.05, 0.1) is 7.11 Å². The summed E-state index contributed by atoms with van der Waals surface area (Å²) in [5, 5.41) is 0. The first-order valence-electron chi connectivity index (χ1n) is 12.3. The minimum atomic E-state index is -0.536. The molecule has 3 aliphatic heterocycles. The van der Waals surface area contributed by atoms with Gasteiger partial charge in [-0.05, 0) is 93.8 Å². The smallest absolute Gasteiger partial charge is 0.343 e. The number of ether oxygens (including phenoxy) is 4. The number of esters is 1. The van der Waals surface area contributed by atoms with Crippen molar-refractivity contribution in [1.29, 1.82) is 0 Å². The predicted octanol–water partition coefficient (Wildman–Crippen LogP) is 4.83. The molecule has 6 nitrogen and oxygen atoms in total. The minimum Gasteiger partial charge on any atom is -0.497 e. The molecule has 2 aromatic rings. The zero-order chi connectivity index (χ0) is 23.3. The maximum atomic E-state index is 14.3. The Labute approximate surface area is 198 Å². The first kappa shape index (κ1) is 21.7. The Balaban J connectivity index is 1.07. The predicted molar refractivity (Wildman–Crippen MR) is 123 cm³/mol. The summed E-state index contributed by atoms with van der Waals surface area (Å²) in [6.07, 6.45) is 6.54. The summed E-state index contributed by atoms with van der Waals surface area (Å²) in [6, 6.07) is 9.38. The lowest BCUT2D eigenvalue weighted by atomic mass is 9.76. The molecule has 3 heterocycles. The number of rotatable bonds is 4. The van der Waals surface area contributed by atoms with Crippen LogP contribution in [0.4, 0.5) is 4.39 Å². The second-order valence-corrected chi connectivity index (χ2v) is 9.98. The van der Waals surface area contributed by atoms with Crippen molar-refractivity contribution in [3.63, 3.8) is 0 Å². The lowest BCUT2D eigenvalue weighted by Gasteiger charge is -2.43. The van der Waals surface area contributed by atoms with Crippen LogP contribution in [0.1, 0.15) is 60.0 Å². The number of halogens is 1. The van der Waals surface area contributed by atoms with E-state index >= 15 is 0 Å². The number of carbonyl (C=O) groups is 1. The van der Waals surface area contributed by atoms with Crippen molar-refractivity contribution >= 4 is 5.97 Å². The Kier molecular flexibility index (Phi) is 5.40. The van der Waals surface area contributed by atoms with Crippen LogP contribution in [0.3, 0.4) is 0 Å². The van der Waals surface area contributed by atoms with E-state index in [0.717, 1.165) is 69.2 Å². The fourth-order valence-electron chi connectivity index (χ4n) is 6.31.